The van der Waals surface area contributed by atoms with Gasteiger partial charge in [0.05, 0.1) is 17.3 Å². The van der Waals surface area contributed by atoms with Gasteiger partial charge in [-0.2, -0.15) is 0 Å². The summed E-state index contributed by atoms with van der Waals surface area (Å²) in [5.41, 5.74) is 6.64. The van der Waals surface area contributed by atoms with Gasteiger partial charge in [0.15, 0.2) is 5.69 Å². The summed E-state index contributed by atoms with van der Waals surface area (Å²) >= 11 is 6.03. The number of nitrogens with zero attached hydrogens (tertiary/aromatic N) is 2. The molecule has 0 aliphatic heterocycles. The maximum Gasteiger partial charge on any atom is 0.271 e. The highest BCUT2D eigenvalue weighted by molar-refractivity contribution is 6.31. The molecular weight excluding hydrogens is 292 g/mol. The van der Waals surface area contributed by atoms with E-state index in [0.717, 1.165) is 12.8 Å². The van der Waals surface area contributed by atoms with E-state index in [1.54, 1.807) is 18.2 Å². The lowest BCUT2D eigenvalue weighted by Gasteiger charge is -2.17. The Labute approximate surface area is 126 Å². The Morgan fingerprint density at radius 2 is 2.19 bits per heavy atom. The van der Waals surface area contributed by atoms with E-state index in [9.17, 15) is 9.90 Å². The third-order valence-electron chi connectivity index (χ3n) is 3.71. The second kappa shape index (κ2) is 5.46. The Morgan fingerprint density at radius 3 is 2.86 bits per heavy atom. The van der Waals surface area contributed by atoms with Crippen LogP contribution in [0, 0.1) is 0 Å². The molecule has 1 aliphatic rings. The van der Waals surface area contributed by atoms with Crippen LogP contribution in [0.1, 0.15) is 29.8 Å². The molecule has 1 aliphatic carbocycles. The first kappa shape index (κ1) is 14.0. The van der Waals surface area contributed by atoms with Gasteiger partial charge >= 0.3 is 0 Å². The molecule has 0 radical (unpaired) electrons. The van der Waals surface area contributed by atoms with Crippen LogP contribution in [0.3, 0.4) is 0 Å². The van der Waals surface area contributed by atoms with Gasteiger partial charge < -0.3 is 16.2 Å². The van der Waals surface area contributed by atoms with Crippen molar-refractivity contribution in [2.45, 2.75) is 31.4 Å². The highest BCUT2D eigenvalue weighted by Crippen LogP contribution is 2.30. The molecule has 1 heterocycles. The minimum atomic E-state index is -0.648. The molecule has 110 valence electrons. The molecular formula is C14H15ClN4O2. The highest BCUT2D eigenvalue weighted by atomic mass is 35.5. The largest absolute Gasteiger partial charge is 0.393 e. The molecule has 1 amide bonds. The third kappa shape index (κ3) is 2.77. The number of carbonyl (C=O) groups is 1. The van der Waals surface area contributed by atoms with Crippen molar-refractivity contribution in [2.75, 3.05) is 5.32 Å². The summed E-state index contributed by atoms with van der Waals surface area (Å²) in [6.07, 6.45) is 1.87. The number of aliphatic hydroxyl groups excluding tert-OH is 1. The van der Waals surface area contributed by atoms with Gasteiger partial charge in [-0.25, -0.2) is 0 Å². The van der Waals surface area contributed by atoms with Crippen LogP contribution in [-0.4, -0.2) is 33.4 Å². The van der Waals surface area contributed by atoms with Crippen molar-refractivity contribution in [3.8, 4) is 0 Å². The summed E-state index contributed by atoms with van der Waals surface area (Å²) in [5, 5.41) is 22.0. The highest BCUT2D eigenvalue weighted by Gasteiger charge is 2.25. The smallest absolute Gasteiger partial charge is 0.271 e. The number of hydrogen-bond acceptors (Lipinski definition) is 5. The molecule has 2 atom stereocenters. The van der Waals surface area contributed by atoms with Gasteiger partial charge in [-0.15, -0.1) is 10.2 Å². The van der Waals surface area contributed by atoms with E-state index in [1.807, 2.05) is 0 Å². The number of amides is 1. The molecule has 1 fully saturated rings. The van der Waals surface area contributed by atoms with Crippen molar-refractivity contribution >= 4 is 34.1 Å². The zero-order valence-corrected chi connectivity index (χ0v) is 12.0. The number of anilines is 1. The van der Waals surface area contributed by atoms with Crippen LogP contribution in [-0.2, 0) is 0 Å². The minimum Gasteiger partial charge on any atom is -0.393 e. The lowest BCUT2D eigenvalue weighted by atomic mass is 10.1. The summed E-state index contributed by atoms with van der Waals surface area (Å²) in [6.45, 7) is 0. The van der Waals surface area contributed by atoms with Gasteiger partial charge in [0.1, 0.15) is 0 Å². The molecule has 2 aromatic rings. The number of halogens is 1. The van der Waals surface area contributed by atoms with E-state index in [1.165, 1.54) is 0 Å². The van der Waals surface area contributed by atoms with Gasteiger partial charge in [0.25, 0.3) is 5.91 Å². The predicted octanol–water partition coefficient (Wildman–Crippen LogP) is 1.71. The van der Waals surface area contributed by atoms with Crippen LogP contribution in [0.15, 0.2) is 18.2 Å². The molecule has 1 aromatic heterocycles. The number of hydrogen-bond donors (Lipinski definition) is 3. The second-order valence-electron chi connectivity index (χ2n) is 5.26. The van der Waals surface area contributed by atoms with Gasteiger partial charge in [0.2, 0.25) is 0 Å². The molecule has 21 heavy (non-hydrogen) atoms. The second-order valence-corrected chi connectivity index (χ2v) is 5.69. The molecule has 0 saturated heterocycles. The first-order valence-corrected chi connectivity index (χ1v) is 7.12. The normalized spacial score (nSPS) is 21.6. The fourth-order valence-corrected chi connectivity index (χ4v) is 2.86. The van der Waals surface area contributed by atoms with Crippen LogP contribution in [0.4, 0.5) is 5.69 Å². The number of nitrogens with one attached hydrogen (secondary N) is 1. The quantitative estimate of drug-likeness (QED) is 0.801. The van der Waals surface area contributed by atoms with Crippen LogP contribution in [0.25, 0.3) is 10.9 Å². The Morgan fingerprint density at radius 1 is 1.38 bits per heavy atom. The third-order valence-corrected chi connectivity index (χ3v) is 3.94. The number of primary amides is 1. The van der Waals surface area contributed by atoms with Crippen molar-refractivity contribution in [3.63, 3.8) is 0 Å². The average molecular weight is 307 g/mol. The van der Waals surface area contributed by atoms with Crippen LogP contribution >= 0.6 is 11.6 Å². The Bertz CT molecular complexity index is 707. The van der Waals surface area contributed by atoms with E-state index in [-0.39, 0.29) is 17.8 Å². The van der Waals surface area contributed by atoms with Gasteiger partial charge in [-0.05, 0) is 37.5 Å². The zero-order chi connectivity index (χ0) is 15.0. The van der Waals surface area contributed by atoms with Crippen molar-refractivity contribution in [1.82, 2.24) is 10.2 Å². The number of nitrogens with two attached hydrogens (primary N) is 1. The van der Waals surface area contributed by atoms with Crippen LogP contribution < -0.4 is 11.1 Å². The fourth-order valence-electron chi connectivity index (χ4n) is 2.69. The molecule has 0 spiro atoms. The summed E-state index contributed by atoms with van der Waals surface area (Å²) < 4.78 is 0. The molecule has 4 N–H and O–H groups in total. The fraction of sp³-hybridized carbons (Fsp3) is 0.357. The number of benzene rings is 1. The summed E-state index contributed by atoms with van der Waals surface area (Å²) in [5.74, 6) is -0.648. The maximum absolute atomic E-state index is 11.6. The van der Waals surface area contributed by atoms with Gasteiger partial charge in [-0.1, -0.05) is 11.6 Å². The molecule has 7 heteroatoms. The van der Waals surface area contributed by atoms with Crippen molar-refractivity contribution in [3.05, 3.63) is 28.9 Å². The predicted molar refractivity (Wildman–Crippen MR) is 80.3 cm³/mol. The molecule has 0 unspecified atom stereocenters. The van der Waals surface area contributed by atoms with E-state index in [4.69, 9.17) is 17.3 Å². The van der Waals surface area contributed by atoms with Gasteiger partial charge in [-0.3, -0.25) is 4.79 Å². The van der Waals surface area contributed by atoms with Crippen molar-refractivity contribution in [1.29, 1.82) is 0 Å². The first-order chi connectivity index (χ1) is 10.0. The van der Waals surface area contributed by atoms with E-state index in [2.05, 4.69) is 15.5 Å². The maximum atomic E-state index is 11.6. The summed E-state index contributed by atoms with van der Waals surface area (Å²) in [6, 6.07) is 5.26. The Kier molecular flexibility index (Phi) is 3.65. The molecule has 3 rings (SSSR count). The van der Waals surface area contributed by atoms with Crippen LogP contribution in [0.5, 0.6) is 0 Å². The summed E-state index contributed by atoms with van der Waals surface area (Å²) in [4.78, 5) is 11.6. The molecule has 1 saturated carbocycles. The number of carbonyl (C=O) groups excluding carboxylic acids is 1. The van der Waals surface area contributed by atoms with Crippen molar-refractivity contribution in [2.24, 2.45) is 5.73 Å². The lowest BCUT2D eigenvalue weighted by Crippen LogP contribution is -2.22. The monoisotopic (exact) mass is 306 g/mol. The Hall–Kier alpha value is -1.92. The standard InChI is InChI=1S/C14H15ClN4O2/c15-7-1-4-11-10(5-7)12(13(14(16)21)19-18-11)17-8-2-3-9(20)6-8/h1,4-5,8-9,20H,2-3,6H2,(H2,16,21)(H,17,18)/t8-,9-/m0/s1. The SMILES string of the molecule is NC(=O)c1nnc2ccc(Cl)cc2c1N[C@H]1CC[C@H](O)C1. The number of rotatable bonds is 3. The number of fused-ring (bicyclic) bond motifs is 1. The van der Waals surface area contributed by atoms with E-state index in [0.29, 0.717) is 28.0 Å². The molecule has 0 bridgehead atoms. The average Bonchev–Trinajstić information content (AvgIpc) is 2.84. The van der Waals surface area contributed by atoms with E-state index < -0.39 is 5.91 Å². The number of aliphatic hydroxyl groups is 1. The Balaban J connectivity index is 2.09. The first-order valence-electron chi connectivity index (χ1n) is 6.75. The molecule has 1 aromatic carbocycles. The minimum absolute atomic E-state index is 0.0736. The summed E-state index contributed by atoms with van der Waals surface area (Å²) in [7, 11) is 0. The number of aromatic nitrogens is 2. The zero-order valence-electron chi connectivity index (χ0n) is 11.2. The van der Waals surface area contributed by atoms with E-state index >= 15 is 0 Å². The van der Waals surface area contributed by atoms with Crippen molar-refractivity contribution < 1.29 is 9.90 Å². The lowest BCUT2D eigenvalue weighted by molar-refractivity contribution is 0.0995. The van der Waals surface area contributed by atoms with Gasteiger partial charge in [0, 0.05) is 16.5 Å². The van der Waals surface area contributed by atoms with Crippen LogP contribution in [0.2, 0.25) is 5.02 Å². The molecule has 6 nitrogen and oxygen atoms in total. The topological polar surface area (TPSA) is 101 Å².